The van der Waals surface area contributed by atoms with E-state index in [1.807, 2.05) is 0 Å². The van der Waals surface area contributed by atoms with Crippen LogP contribution in [-0.4, -0.2) is 50.8 Å². The van der Waals surface area contributed by atoms with E-state index in [0.29, 0.717) is 5.75 Å². The van der Waals surface area contributed by atoms with Crippen LogP contribution in [0.3, 0.4) is 0 Å². The van der Waals surface area contributed by atoms with Gasteiger partial charge in [-0.25, -0.2) is 18.5 Å². The molecule has 0 unspecified atom stereocenters. The Hall–Kier alpha value is -3.22. The molecular weight excluding hydrogens is 538 g/mol. The number of alkyl halides is 1. The Morgan fingerprint density at radius 2 is 1.82 bits per heavy atom. The average Bonchev–Trinajstić information content (AvgIpc) is 3.17. The van der Waals surface area contributed by atoms with Gasteiger partial charge in [0.1, 0.15) is 34.8 Å². The van der Waals surface area contributed by atoms with Gasteiger partial charge in [-0.05, 0) is 37.3 Å². The summed E-state index contributed by atoms with van der Waals surface area (Å²) in [5, 5.41) is 11.0. The van der Waals surface area contributed by atoms with Crippen molar-refractivity contribution in [3.63, 3.8) is 0 Å². The molecule has 0 amide bonds. The highest BCUT2D eigenvalue weighted by Gasteiger charge is 2.46. The third-order valence-electron chi connectivity index (χ3n) is 5.46. The molecule has 4 rings (SSSR count). The number of aromatic nitrogens is 2. The number of halogens is 1. The van der Waals surface area contributed by atoms with Crippen LogP contribution in [0.5, 0.6) is 11.5 Å². The number of aliphatic hydroxyl groups excluding tert-OH is 1. The van der Waals surface area contributed by atoms with Crippen molar-refractivity contribution in [1.82, 2.24) is 14.6 Å². The number of carbonyl (C=O) groups is 1. The molecule has 3 aromatic rings. The molecule has 2 aromatic carbocycles. The highest BCUT2D eigenvalue weighted by atomic mass is 32.2. The van der Waals surface area contributed by atoms with E-state index >= 15 is 0 Å². The van der Waals surface area contributed by atoms with Gasteiger partial charge < -0.3 is 20.1 Å². The van der Waals surface area contributed by atoms with Crippen molar-refractivity contribution < 1.29 is 32.6 Å². The molecule has 6 atom stereocenters. The summed E-state index contributed by atoms with van der Waals surface area (Å²) in [4.78, 5) is 28.4. The largest absolute Gasteiger partial charge is 0.459 e. The fraction of sp³-hybridized carbons (Fsp3) is 0.292. The lowest BCUT2D eigenvalue weighted by atomic mass is 10.1. The van der Waals surface area contributed by atoms with Crippen LogP contribution in [0.1, 0.15) is 12.3 Å². The highest BCUT2D eigenvalue weighted by Crippen LogP contribution is 2.48. The van der Waals surface area contributed by atoms with Gasteiger partial charge in [-0.1, -0.05) is 36.4 Å². The first-order valence-electron chi connectivity index (χ1n) is 11.5. The second-order valence-corrected chi connectivity index (χ2v) is 11.4. The van der Waals surface area contributed by atoms with E-state index in [-0.39, 0.29) is 11.6 Å². The molecule has 1 saturated heterocycles. The summed E-state index contributed by atoms with van der Waals surface area (Å²) in [6.07, 6.45) is -2.12. The summed E-state index contributed by atoms with van der Waals surface area (Å²) in [5.41, 5.74) is 4.73. The van der Waals surface area contributed by atoms with Crippen molar-refractivity contribution in [1.29, 1.82) is 0 Å². The zero-order valence-electron chi connectivity index (χ0n) is 20.1. The normalized spacial score (nSPS) is 23.3. The second-order valence-electron chi connectivity index (χ2n) is 8.32. The van der Waals surface area contributed by atoms with E-state index in [1.165, 1.54) is 31.3 Å². The lowest BCUT2D eigenvalue weighted by Crippen LogP contribution is -2.37. The minimum absolute atomic E-state index is 0.0185. The van der Waals surface area contributed by atoms with Crippen LogP contribution in [0.25, 0.3) is 0 Å². The molecule has 0 aliphatic carbocycles. The number of nitrogen functional groups attached to an aromatic ring is 1. The zero-order valence-corrected chi connectivity index (χ0v) is 21.8. The third kappa shape index (κ3) is 6.80. The third-order valence-corrected chi connectivity index (χ3v) is 8.64. The summed E-state index contributed by atoms with van der Waals surface area (Å²) in [7, 11) is -4.26. The topological polar surface area (TPSA) is 155 Å². The molecule has 0 spiro atoms. The molecule has 38 heavy (non-hydrogen) atoms. The number of benzene rings is 2. The first-order chi connectivity index (χ1) is 18.1. The van der Waals surface area contributed by atoms with E-state index in [9.17, 15) is 23.7 Å². The number of hydrogen-bond donors (Lipinski definition) is 3. The Morgan fingerprint density at radius 3 is 2.45 bits per heavy atom. The van der Waals surface area contributed by atoms with Gasteiger partial charge in [-0.2, -0.15) is 10.1 Å². The van der Waals surface area contributed by atoms with Gasteiger partial charge >= 0.3 is 19.4 Å². The lowest BCUT2D eigenvalue weighted by Gasteiger charge is -2.24. The number of para-hydroxylation sites is 2. The molecule has 2 heterocycles. The van der Waals surface area contributed by atoms with Gasteiger partial charge in [0.15, 0.2) is 6.17 Å². The fourth-order valence-corrected chi connectivity index (χ4v) is 6.58. The number of anilines is 1. The van der Waals surface area contributed by atoms with Crippen molar-refractivity contribution >= 4 is 31.3 Å². The summed E-state index contributed by atoms with van der Waals surface area (Å²) < 4.78 is 46.2. The van der Waals surface area contributed by atoms with Gasteiger partial charge in [0.2, 0.25) is 0 Å². The molecule has 11 nitrogen and oxygen atoms in total. The number of nitrogens with two attached hydrogens (primary N) is 1. The van der Waals surface area contributed by atoms with Crippen LogP contribution in [0.15, 0.2) is 77.7 Å². The summed E-state index contributed by atoms with van der Waals surface area (Å²) in [6.45, 7) is 0.987. The van der Waals surface area contributed by atoms with Crippen LogP contribution in [-0.2, 0) is 13.9 Å². The number of aliphatic hydroxyl groups is 1. The van der Waals surface area contributed by atoms with Crippen molar-refractivity contribution in [3.8, 4) is 11.5 Å². The molecule has 1 aliphatic heterocycles. The highest BCUT2D eigenvalue weighted by molar-refractivity contribution is 8.00. The number of thioether (sulfide) groups is 1. The van der Waals surface area contributed by atoms with Crippen molar-refractivity contribution in [2.45, 2.75) is 35.9 Å². The van der Waals surface area contributed by atoms with Crippen LogP contribution >= 0.6 is 19.5 Å². The van der Waals surface area contributed by atoms with Crippen LogP contribution in [0.4, 0.5) is 10.2 Å². The monoisotopic (exact) mass is 564 g/mol. The molecular formula is C24H26FN4O7PS. The molecule has 202 valence electrons. The SMILES string of the molecule is C[C@H](N[P@](=O)(OC[C@H]1S[C@@H](n2ccc(N)nc2=O)[C@@H](F)[C@@H]1O)Oc1ccccc1)C(=O)Oc1ccccc1. The maximum absolute atomic E-state index is 15.0. The molecule has 1 fully saturated rings. The van der Waals surface area contributed by atoms with E-state index in [4.69, 9.17) is 19.5 Å². The predicted molar refractivity (Wildman–Crippen MR) is 140 cm³/mol. The standard InChI is InChI=1S/C24H26FN4O7PS/c1-15(23(31)35-16-8-4-2-5-9-16)28-37(33,36-17-10-6-3-7-11-17)34-14-18-21(30)20(25)22(38-18)29-13-12-19(26)27-24(29)32/h2-13,15,18,20-22,30H,14H2,1H3,(H,28,33)(H2,26,27,32)/t15-,18+,20-,21+,22+,37-/m0/s1. The quantitative estimate of drug-likeness (QED) is 0.189. The van der Waals surface area contributed by atoms with Gasteiger partial charge in [-0.3, -0.25) is 9.09 Å². The number of esters is 1. The first-order valence-corrected chi connectivity index (χ1v) is 14.0. The maximum Gasteiger partial charge on any atom is 0.459 e. The summed E-state index contributed by atoms with van der Waals surface area (Å²) >= 11 is 0.910. The minimum atomic E-state index is -4.26. The van der Waals surface area contributed by atoms with Gasteiger partial charge in [0.05, 0.1) is 11.9 Å². The Kier molecular flexibility index (Phi) is 8.85. The molecule has 1 aromatic heterocycles. The number of ether oxygens (including phenoxy) is 1. The fourth-order valence-electron chi connectivity index (χ4n) is 3.55. The molecule has 0 radical (unpaired) electrons. The average molecular weight is 565 g/mol. The maximum atomic E-state index is 15.0. The molecule has 4 N–H and O–H groups in total. The predicted octanol–water partition coefficient (Wildman–Crippen LogP) is 2.93. The van der Waals surface area contributed by atoms with Gasteiger partial charge in [0.25, 0.3) is 0 Å². The zero-order chi connectivity index (χ0) is 27.3. The number of hydrogen-bond acceptors (Lipinski definition) is 10. The smallest absolute Gasteiger partial charge is 0.425 e. The van der Waals surface area contributed by atoms with Crippen LogP contribution in [0, 0.1) is 0 Å². The first kappa shape index (κ1) is 27.8. The Labute approximate surface area is 221 Å². The summed E-state index contributed by atoms with van der Waals surface area (Å²) in [5.74, 6) is -0.280. The van der Waals surface area contributed by atoms with E-state index < -0.39 is 55.0 Å². The number of rotatable bonds is 10. The molecule has 1 aliphatic rings. The second kappa shape index (κ2) is 12.1. The Bertz CT molecular complexity index is 1350. The Balaban J connectivity index is 1.47. The van der Waals surface area contributed by atoms with E-state index in [0.717, 1.165) is 16.3 Å². The van der Waals surface area contributed by atoms with Crippen molar-refractivity contribution in [2.24, 2.45) is 0 Å². The van der Waals surface area contributed by atoms with Crippen LogP contribution in [0.2, 0.25) is 0 Å². The molecule has 0 saturated carbocycles. The Morgan fingerprint density at radius 1 is 1.18 bits per heavy atom. The number of carbonyl (C=O) groups excluding carboxylic acids is 1. The van der Waals surface area contributed by atoms with E-state index in [2.05, 4.69) is 10.1 Å². The van der Waals surface area contributed by atoms with Crippen molar-refractivity contribution in [3.05, 3.63) is 83.4 Å². The molecule has 0 bridgehead atoms. The van der Waals surface area contributed by atoms with Crippen molar-refractivity contribution in [2.75, 3.05) is 12.3 Å². The summed E-state index contributed by atoms with van der Waals surface area (Å²) in [6, 6.07) is 16.6. The number of nitrogens with zero attached hydrogens (tertiary/aromatic N) is 2. The number of nitrogens with one attached hydrogen (secondary N) is 1. The van der Waals surface area contributed by atoms with Gasteiger partial charge in [0, 0.05) is 6.20 Å². The van der Waals surface area contributed by atoms with Gasteiger partial charge in [-0.15, -0.1) is 11.8 Å². The van der Waals surface area contributed by atoms with E-state index in [1.54, 1.807) is 48.5 Å². The lowest BCUT2D eigenvalue weighted by molar-refractivity contribution is -0.135. The minimum Gasteiger partial charge on any atom is -0.425 e. The van der Waals surface area contributed by atoms with Crippen LogP contribution < -0.4 is 25.8 Å². The molecule has 14 heteroatoms.